The van der Waals surface area contributed by atoms with Crippen LogP contribution in [0.25, 0.3) is 11.3 Å². The Morgan fingerprint density at radius 1 is 1.00 bits per heavy atom. The van der Waals surface area contributed by atoms with E-state index in [9.17, 15) is 13.8 Å². The van der Waals surface area contributed by atoms with Crippen LogP contribution in [-0.2, 0) is 33.7 Å². The van der Waals surface area contributed by atoms with Gasteiger partial charge in [-0.3, -0.25) is 24.2 Å². The Kier molecular flexibility index (Phi) is 9.91. The van der Waals surface area contributed by atoms with Gasteiger partial charge in [0.05, 0.1) is 24.3 Å². The van der Waals surface area contributed by atoms with Crippen molar-refractivity contribution in [1.82, 2.24) is 15.6 Å². The molecule has 3 atom stereocenters. The molecule has 2 aromatic carbocycles. The minimum Gasteiger partial charge on any atom is -0.345 e. The van der Waals surface area contributed by atoms with Crippen molar-refractivity contribution in [2.24, 2.45) is 0 Å². The van der Waals surface area contributed by atoms with Gasteiger partial charge in [-0.05, 0) is 54.5 Å². The summed E-state index contributed by atoms with van der Waals surface area (Å²) in [6.45, 7) is 1.58. The first-order chi connectivity index (χ1) is 18.4. The van der Waals surface area contributed by atoms with Gasteiger partial charge in [0.25, 0.3) is 11.3 Å². The van der Waals surface area contributed by atoms with E-state index >= 15 is 0 Å². The van der Waals surface area contributed by atoms with Crippen LogP contribution in [0.5, 0.6) is 0 Å². The molecule has 2 heterocycles. The summed E-state index contributed by atoms with van der Waals surface area (Å²) in [4.78, 5) is 30.1. The van der Waals surface area contributed by atoms with Gasteiger partial charge >= 0.3 is 0 Å². The van der Waals surface area contributed by atoms with E-state index in [0.29, 0.717) is 18.5 Å². The van der Waals surface area contributed by atoms with Crippen LogP contribution in [0.4, 0.5) is 5.69 Å². The number of thiophene rings is 1. The third-order valence-corrected chi connectivity index (χ3v) is 7.80. The first-order valence-electron chi connectivity index (χ1n) is 11.9. The number of rotatable bonds is 13. The van der Waals surface area contributed by atoms with E-state index in [0.717, 1.165) is 27.4 Å². The van der Waals surface area contributed by atoms with E-state index in [4.69, 9.17) is 9.54 Å². The molecule has 0 saturated carbocycles. The lowest BCUT2D eigenvalue weighted by atomic mass is 10.0. The van der Waals surface area contributed by atoms with Crippen molar-refractivity contribution in [1.29, 1.82) is 0 Å². The second-order valence-corrected chi connectivity index (χ2v) is 11.1. The number of anilines is 1. The first kappa shape index (κ1) is 27.8. The molecule has 0 spiro atoms. The van der Waals surface area contributed by atoms with Crippen LogP contribution in [0.15, 0.2) is 76.8 Å². The summed E-state index contributed by atoms with van der Waals surface area (Å²) in [5.74, 6) is -0.272. The maximum Gasteiger partial charge on any atom is 0.259 e. The van der Waals surface area contributed by atoms with Crippen molar-refractivity contribution < 1.29 is 18.4 Å². The fraction of sp³-hybridized carbons (Fsp3) is 0.222. The highest BCUT2D eigenvalue weighted by atomic mass is 32.2. The van der Waals surface area contributed by atoms with Crippen molar-refractivity contribution in [3.63, 3.8) is 0 Å². The number of amides is 1. The Labute approximate surface area is 232 Å². The molecule has 0 radical (unpaired) electrons. The molecule has 8 nitrogen and oxygen atoms in total. The number of benzene rings is 2. The van der Waals surface area contributed by atoms with E-state index in [1.807, 2.05) is 64.7 Å². The molecule has 1 unspecified atom stereocenters. The molecule has 1 amide bonds. The van der Waals surface area contributed by atoms with E-state index in [1.165, 1.54) is 18.3 Å². The number of ketones is 1. The Morgan fingerprint density at radius 3 is 2.39 bits per heavy atom. The third kappa shape index (κ3) is 8.14. The minimum absolute atomic E-state index is 0.0507. The molecule has 4 N–H and O–H groups in total. The number of carbonyl (C=O) groups excluding carboxylic acids is 2. The summed E-state index contributed by atoms with van der Waals surface area (Å²) in [7, 11) is 0. The predicted molar refractivity (Wildman–Crippen MR) is 153 cm³/mol. The molecular weight excluding hydrogens is 541 g/mol. The van der Waals surface area contributed by atoms with Gasteiger partial charge in [0.2, 0.25) is 5.91 Å². The van der Waals surface area contributed by atoms with Crippen molar-refractivity contribution in [3.05, 3.63) is 92.9 Å². The molecule has 0 aliphatic carbocycles. The van der Waals surface area contributed by atoms with Gasteiger partial charge in [-0.1, -0.05) is 42.5 Å². The number of carbonyl (C=O) groups is 2. The molecule has 4 aromatic rings. The average Bonchev–Trinajstić information content (AvgIpc) is 3.60. The predicted octanol–water partition coefficient (Wildman–Crippen LogP) is 4.61. The lowest BCUT2D eigenvalue weighted by Gasteiger charge is -2.23. The number of hydrogen-bond acceptors (Lipinski definition) is 7. The maximum absolute atomic E-state index is 13.6. The zero-order valence-corrected chi connectivity index (χ0v) is 23.1. The van der Waals surface area contributed by atoms with Gasteiger partial charge in [0, 0.05) is 22.0 Å². The molecule has 0 aliphatic rings. The first-order valence-corrected chi connectivity index (χ1v) is 14.8. The summed E-state index contributed by atoms with van der Waals surface area (Å²) in [6.07, 6.45) is 0.902. The van der Waals surface area contributed by atoms with Gasteiger partial charge in [-0.2, -0.15) is 11.3 Å². The summed E-state index contributed by atoms with van der Waals surface area (Å²) in [5, 5.41) is 13.0. The molecule has 198 valence electrons. The molecule has 11 heteroatoms. The lowest BCUT2D eigenvalue weighted by molar-refractivity contribution is -0.124. The number of nitrogens with one attached hydrogen (secondary N) is 3. The van der Waals surface area contributed by atoms with Crippen LogP contribution in [0.3, 0.4) is 0 Å². The molecule has 0 aliphatic heterocycles. The van der Waals surface area contributed by atoms with Gasteiger partial charge in [-0.15, -0.1) is 11.3 Å². The quantitative estimate of drug-likeness (QED) is 0.175. The summed E-state index contributed by atoms with van der Waals surface area (Å²) in [6, 6.07) is 17.8. The van der Waals surface area contributed by atoms with Crippen LogP contribution >= 0.6 is 22.7 Å². The van der Waals surface area contributed by atoms with Crippen molar-refractivity contribution in [2.45, 2.75) is 31.8 Å². The number of thiazole rings is 1. The number of nitrogens with zero attached hydrogens (tertiary/aromatic N) is 1. The molecule has 0 bridgehead atoms. The van der Waals surface area contributed by atoms with Gasteiger partial charge in [0.15, 0.2) is 0 Å². The van der Waals surface area contributed by atoms with Crippen molar-refractivity contribution in [2.75, 3.05) is 11.3 Å². The summed E-state index contributed by atoms with van der Waals surface area (Å²) in [5.41, 5.74) is 4.30. The van der Waals surface area contributed by atoms with Gasteiger partial charge in [-0.25, -0.2) is 9.19 Å². The Bertz CT molecular complexity index is 1360. The zero-order chi connectivity index (χ0) is 26.9. The molecule has 2 aromatic heterocycles. The van der Waals surface area contributed by atoms with Crippen LogP contribution in [0, 0.1) is 0 Å². The Morgan fingerprint density at radius 2 is 1.74 bits per heavy atom. The maximum atomic E-state index is 13.6. The van der Waals surface area contributed by atoms with Crippen LogP contribution < -0.4 is 15.4 Å². The Balaban J connectivity index is 1.57. The smallest absolute Gasteiger partial charge is 0.259 e. The van der Waals surface area contributed by atoms with Gasteiger partial charge < -0.3 is 5.32 Å². The largest absolute Gasteiger partial charge is 0.345 e. The second-order valence-electron chi connectivity index (χ2n) is 8.72. The number of hydrogen-bond donors (Lipinski definition) is 4. The minimum atomic E-state index is -2.16. The standard InChI is InChI=1S/C27H28N4O4S3/c1-18(32)15-28-23(13-19-5-3-2-4-6-19)26(33)29-24(14-20-7-9-22(10-8-20)31-38(34)35)27-30-25(17-37-27)21-11-12-36-16-21/h2-12,16-17,23-24,28,31H,13-15H2,1H3,(H,29,33)(H,34,35)/t23-,24-/m0/s1. The summed E-state index contributed by atoms with van der Waals surface area (Å²) < 4.78 is 22.6. The monoisotopic (exact) mass is 568 g/mol. The molecular formula is C27H28N4O4S3. The highest BCUT2D eigenvalue weighted by Crippen LogP contribution is 2.29. The van der Waals surface area contributed by atoms with E-state index < -0.39 is 23.4 Å². The molecule has 0 saturated heterocycles. The second kappa shape index (κ2) is 13.5. The van der Waals surface area contributed by atoms with Crippen LogP contribution in [0.1, 0.15) is 29.1 Å². The topological polar surface area (TPSA) is 120 Å². The van der Waals surface area contributed by atoms with Crippen molar-refractivity contribution in [3.8, 4) is 11.3 Å². The third-order valence-electron chi connectivity index (χ3n) is 5.75. The highest BCUT2D eigenvalue weighted by Gasteiger charge is 2.25. The lowest BCUT2D eigenvalue weighted by Crippen LogP contribution is -2.48. The van der Waals surface area contributed by atoms with E-state index in [-0.39, 0.29) is 18.2 Å². The Hall–Kier alpha value is -3.22. The summed E-state index contributed by atoms with van der Waals surface area (Å²) >= 11 is 0.921. The molecule has 0 fully saturated rings. The number of Topliss-reactive ketones (excluding diaryl/α,β-unsaturated/α-hetero) is 1. The SMILES string of the molecule is CC(=O)CN[C@@H](Cc1ccccc1)C(=O)N[C@@H](Cc1ccc(NS(=O)O)cc1)c1nc(-c2ccsc2)cs1. The molecule has 4 rings (SSSR count). The highest BCUT2D eigenvalue weighted by molar-refractivity contribution is 7.80. The number of aromatic nitrogens is 1. The van der Waals surface area contributed by atoms with Crippen LogP contribution in [0.2, 0.25) is 0 Å². The zero-order valence-electron chi connectivity index (χ0n) is 20.6. The molecule has 38 heavy (non-hydrogen) atoms. The van der Waals surface area contributed by atoms with Crippen LogP contribution in [-0.4, -0.2) is 38.0 Å². The van der Waals surface area contributed by atoms with E-state index in [1.54, 1.807) is 23.5 Å². The normalized spacial score (nSPS) is 13.4. The average molecular weight is 569 g/mol. The van der Waals surface area contributed by atoms with E-state index in [2.05, 4.69) is 15.4 Å². The van der Waals surface area contributed by atoms with Crippen molar-refractivity contribution >= 4 is 51.3 Å². The van der Waals surface area contributed by atoms with Gasteiger partial charge in [0.1, 0.15) is 10.8 Å². The fourth-order valence-corrected chi connectivity index (χ4v) is 5.75. The fourth-order valence-electron chi connectivity index (χ4n) is 3.88.